The average molecular weight is 867 g/mol. The molecule has 0 aromatic carbocycles. The summed E-state index contributed by atoms with van der Waals surface area (Å²) in [6, 6.07) is -1.13. The Kier molecular flexibility index (Phi) is 12.9. The van der Waals surface area contributed by atoms with Gasteiger partial charge in [-0.3, -0.25) is 48.5 Å². The van der Waals surface area contributed by atoms with Crippen LogP contribution in [0.5, 0.6) is 0 Å². The van der Waals surface area contributed by atoms with Crippen LogP contribution in [0, 0.1) is 45.3 Å². The van der Waals surface area contributed by atoms with Crippen molar-refractivity contribution in [1.29, 1.82) is 0 Å². The largest absolute Gasteiger partial charge is 0.481 e. The molecule has 1 fully saturated rings. The van der Waals surface area contributed by atoms with E-state index in [0.29, 0.717) is 34.1 Å². The highest BCUT2D eigenvalue weighted by Crippen LogP contribution is 2.62. The van der Waals surface area contributed by atoms with Gasteiger partial charge in [-0.1, -0.05) is 41.5 Å². The molecule has 338 valence electrons. The molecule has 18 nitrogen and oxygen atoms in total. The highest BCUT2D eigenvalue weighted by atomic mass is 16.4. The highest BCUT2D eigenvalue weighted by molar-refractivity contribution is 6.07. The van der Waals surface area contributed by atoms with Crippen LogP contribution in [0.1, 0.15) is 119 Å². The number of allylic oxidation sites excluding steroid dienone is 6. The molecule has 62 heavy (non-hydrogen) atoms. The van der Waals surface area contributed by atoms with E-state index >= 15 is 0 Å². The summed E-state index contributed by atoms with van der Waals surface area (Å²) < 4.78 is 0. The first-order valence-corrected chi connectivity index (χ1v) is 20.9. The predicted octanol–water partition coefficient (Wildman–Crippen LogP) is 5.53. The van der Waals surface area contributed by atoms with Crippen molar-refractivity contribution in [3.63, 3.8) is 0 Å². The van der Waals surface area contributed by atoms with E-state index in [9.17, 15) is 69.3 Å². The molecule has 5 rings (SSSR count). The number of hydrogen-bond acceptors (Lipinski definition) is 11. The minimum atomic E-state index is -1.61. The van der Waals surface area contributed by atoms with Crippen molar-refractivity contribution in [2.75, 3.05) is 0 Å². The summed E-state index contributed by atoms with van der Waals surface area (Å²) in [7, 11) is 0. The van der Waals surface area contributed by atoms with Crippen LogP contribution in [-0.2, 0) is 33.6 Å². The molecule has 8 bridgehead atoms. The molecule has 0 aliphatic carbocycles. The Morgan fingerprint density at radius 1 is 0.677 bits per heavy atom. The van der Waals surface area contributed by atoms with Gasteiger partial charge in [-0.05, 0) is 50.3 Å². The molecule has 8 N–H and O–H groups in total. The van der Waals surface area contributed by atoms with Gasteiger partial charge < -0.3 is 41.1 Å². The number of nitrogens with one attached hydrogen (secondary N) is 1. The monoisotopic (exact) mass is 866 g/mol. The van der Waals surface area contributed by atoms with Crippen LogP contribution in [0.4, 0.5) is 0 Å². The van der Waals surface area contributed by atoms with Gasteiger partial charge in [-0.15, -0.1) is 0 Å². The lowest BCUT2D eigenvalue weighted by atomic mass is 9.55. The lowest BCUT2D eigenvalue weighted by molar-refractivity contribution is -0.143. The van der Waals surface area contributed by atoms with Crippen molar-refractivity contribution in [3.05, 3.63) is 34.8 Å². The SMILES string of the molecule is CC1C2=NC(C(CC(=O)O)C2(C)CCC(=O)O)C2(C)N=C(C=C3N/C(=C\C4=NC1=C(CCC(=O)O)C4(C)C)C(CCC(=O)O)C3(C)CC(=O)O)C(CCC(=O)O)C2(C)CC(=O)O. The summed E-state index contributed by atoms with van der Waals surface area (Å²) in [5, 5.41) is 74.6. The smallest absolute Gasteiger partial charge is 0.304 e. The fourth-order valence-electron chi connectivity index (χ4n) is 11.3. The lowest BCUT2D eigenvalue weighted by Gasteiger charge is -2.48. The van der Waals surface area contributed by atoms with E-state index in [-0.39, 0.29) is 44.2 Å². The number of nitrogens with zero attached hydrogens (tertiary/aromatic N) is 3. The number of carbonyl (C=O) groups is 7. The van der Waals surface area contributed by atoms with Gasteiger partial charge in [-0.25, -0.2) is 0 Å². The third-order valence-electron chi connectivity index (χ3n) is 14.8. The van der Waals surface area contributed by atoms with Crippen molar-refractivity contribution in [3.8, 4) is 0 Å². The summed E-state index contributed by atoms with van der Waals surface area (Å²) in [5.74, 6) is -11.7. The number of aliphatic carboxylic acids is 7. The van der Waals surface area contributed by atoms with Crippen LogP contribution >= 0.6 is 0 Å². The molecule has 5 heterocycles. The maximum absolute atomic E-state index is 13.0. The van der Waals surface area contributed by atoms with Gasteiger partial charge in [0, 0.05) is 99.5 Å². The molecule has 9 atom stereocenters. The standard InChI is InChI=1S/C44H58N4O14/c1-21-37-24(10-13-32(53)54)40(2,3)28(46-37)17-26-22(8-11-30(49)50)42(5,19-35(59)60)29(45-26)18-27-23(9-12-31(51)52)43(6,20-36(61)62)44(7,48-27)39-25(16-34(57)58)41(4,38(21)47-39)15-14-33(55)56/h17-18,21-23,25,39,45H,8-16,19-20H2,1-7H3,(H,49,50)(H,51,52)(H,53,54)(H,55,56)(H,57,58)(H,59,60)(H,61,62)/b26-17-,29-18?. The minimum absolute atomic E-state index is 0.0212. The average Bonchev–Trinajstić information content (AvgIpc) is 3.72. The van der Waals surface area contributed by atoms with E-state index in [1.165, 1.54) is 0 Å². The fourth-order valence-corrected chi connectivity index (χ4v) is 11.3. The number of fused-ring (bicyclic) bond motifs is 6. The van der Waals surface area contributed by atoms with Crippen molar-refractivity contribution in [2.24, 2.45) is 60.3 Å². The zero-order valence-corrected chi connectivity index (χ0v) is 36.1. The van der Waals surface area contributed by atoms with E-state index in [2.05, 4.69) is 5.32 Å². The summed E-state index contributed by atoms with van der Waals surface area (Å²) in [5.41, 5.74) is -3.87. The topological polar surface area (TPSA) is 310 Å². The minimum Gasteiger partial charge on any atom is -0.481 e. The maximum Gasteiger partial charge on any atom is 0.304 e. The molecule has 0 amide bonds. The third kappa shape index (κ3) is 8.43. The second-order valence-electron chi connectivity index (χ2n) is 19.0. The molecule has 0 aromatic heterocycles. The Balaban J connectivity index is 1.98. The van der Waals surface area contributed by atoms with Gasteiger partial charge in [0.25, 0.3) is 0 Å². The van der Waals surface area contributed by atoms with Crippen LogP contribution in [0.2, 0.25) is 0 Å². The van der Waals surface area contributed by atoms with Gasteiger partial charge in [0.1, 0.15) is 0 Å². The molecular formula is C44H58N4O14. The first kappa shape index (κ1) is 47.4. The zero-order chi connectivity index (χ0) is 46.5. The number of rotatable bonds is 18. The van der Waals surface area contributed by atoms with Gasteiger partial charge in [-0.2, -0.15) is 0 Å². The van der Waals surface area contributed by atoms with Crippen molar-refractivity contribution >= 4 is 58.9 Å². The maximum atomic E-state index is 13.0. The summed E-state index contributed by atoms with van der Waals surface area (Å²) in [6.45, 7) is 12.2. The Morgan fingerprint density at radius 2 is 1.24 bits per heavy atom. The molecule has 0 saturated carbocycles. The number of hydrogen-bond donors (Lipinski definition) is 8. The number of aliphatic imine (C=N–C) groups is 3. The summed E-state index contributed by atoms with van der Waals surface area (Å²) >= 11 is 0. The predicted molar refractivity (Wildman–Crippen MR) is 223 cm³/mol. The van der Waals surface area contributed by atoms with Crippen LogP contribution < -0.4 is 5.32 Å². The first-order valence-electron chi connectivity index (χ1n) is 20.9. The molecule has 5 aliphatic rings. The quantitative estimate of drug-likeness (QED) is 0.0840. The second-order valence-corrected chi connectivity index (χ2v) is 19.0. The Morgan fingerprint density at radius 3 is 1.77 bits per heavy atom. The van der Waals surface area contributed by atoms with Gasteiger partial charge in [0.2, 0.25) is 0 Å². The van der Waals surface area contributed by atoms with Crippen molar-refractivity contribution < 1.29 is 69.3 Å². The Bertz CT molecular complexity index is 2170. The van der Waals surface area contributed by atoms with E-state index in [1.807, 2.05) is 13.8 Å². The molecule has 5 aliphatic heterocycles. The molecule has 1 saturated heterocycles. The van der Waals surface area contributed by atoms with E-state index in [0.717, 1.165) is 0 Å². The van der Waals surface area contributed by atoms with Gasteiger partial charge in [0.15, 0.2) is 0 Å². The number of carboxylic acid groups (broad SMARTS) is 7. The molecule has 0 spiro atoms. The summed E-state index contributed by atoms with van der Waals surface area (Å²) in [4.78, 5) is 103. The lowest BCUT2D eigenvalue weighted by Crippen LogP contribution is -2.55. The normalized spacial score (nSPS) is 34.0. The Labute approximate surface area is 358 Å². The molecule has 18 heteroatoms. The second kappa shape index (κ2) is 16.9. The first-order chi connectivity index (χ1) is 28.6. The van der Waals surface area contributed by atoms with Crippen LogP contribution in [0.25, 0.3) is 0 Å². The molecule has 0 radical (unpaired) electrons. The highest BCUT2D eigenvalue weighted by Gasteiger charge is 2.66. The molecule has 0 aromatic rings. The third-order valence-corrected chi connectivity index (χ3v) is 14.8. The van der Waals surface area contributed by atoms with Crippen LogP contribution in [0.15, 0.2) is 49.8 Å². The van der Waals surface area contributed by atoms with E-state index in [4.69, 9.17) is 15.0 Å². The zero-order valence-electron chi connectivity index (χ0n) is 36.1. The number of carboxylic acids is 7. The van der Waals surface area contributed by atoms with Crippen LogP contribution in [0.3, 0.4) is 0 Å². The Hall–Kier alpha value is -5.68. The van der Waals surface area contributed by atoms with E-state index < -0.39 is 131 Å². The van der Waals surface area contributed by atoms with Crippen molar-refractivity contribution in [2.45, 2.75) is 131 Å². The van der Waals surface area contributed by atoms with E-state index in [1.54, 1.807) is 46.8 Å². The molecular weight excluding hydrogens is 808 g/mol. The fraction of sp³-hybridized carbons (Fsp3) is 0.636. The van der Waals surface area contributed by atoms with Crippen molar-refractivity contribution in [1.82, 2.24) is 5.32 Å². The molecule has 9 unspecified atom stereocenters. The van der Waals surface area contributed by atoms with Gasteiger partial charge in [0.05, 0.1) is 36.6 Å². The summed E-state index contributed by atoms with van der Waals surface area (Å²) in [6.07, 6.45) is 0.0717. The van der Waals surface area contributed by atoms with Gasteiger partial charge >= 0.3 is 41.8 Å². The van der Waals surface area contributed by atoms with Crippen LogP contribution in [-0.4, -0.2) is 106 Å².